The first kappa shape index (κ1) is 19.6. The van der Waals surface area contributed by atoms with Gasteiger partial charge in [0, 0.05) is 39.1 Å². The normalized spacial score (nSPS) is 22.4. The predicted octanol–water partition coefficient (Wildman–Crippen LogP) is 4.17. The van der Waals surface area contributed by atoms with E-state index >= 15 is 0 Å². The Labute approximate surface area is 188 Å². The molecule has 3 aliphatic rings. The molecule has 0 radical (unpaired) electrons. The summed E-state index contributed by atoms with van der Waals surface area (Å²) in [6.07, 6.45) is 1.58. The number of aryl methyl sites for hydroxylation is 1. The molecule has 0 aromatic heterocycles. The number of Topliss-reactive ketones (excluding diaryl/α,β-unsaturated/α-hetero) is 1. The lowest BCUT2D eigenvalue weighted by atomic mass is 9.63. The Morgan fingerprint density at radius 3 is 2.74 bits per heavy atom. The molecule has 1 amide bonds. The monoisotopic (exact) mass is 474 g/mol. The lowest BCUT2D eigenvalue weighted by molar-refractivity contribution is -0.122. The van der Waals surface area contributed by atoms with Crippen LogP contribution in [-0.2, 0) is 15.0 Å². The Morgan fingerprint density at radius 1 is 1.19 bits per heavy atom. The third-order valence-corrected chi connectivity index (χ3v) is 6.74. The number of hydrogen-bond acceptors (Lipinski definition) is 5. The van der Waals surface area contributed by atoms with Crippen molar-refractivity contribution >= 4 is 39.0 Å². The van der Waals surface area contributed by atoms with Crippen LogP contribution in [-0.4, -0.2) is 11.7 Å². The number of hydrogen-bond donors (Lipinski definition) is 2. The summed E-state index contributed by atoms with van der Waals surface area (Å²) in [5, 5.41) is 13.2. The Hall–Kier alpha value is -3.37. The zero-order valence-corrected chi connectivity index (χ0v) is 18.4. The molecule has 2 aromatic rings. The number of allylic oxidation sites excluding steroid dienone is 1. The highest BCUT2D eigenvalue weighted by Crippen LogP contribution is 2.55. The molecule has 154 valence electrons. The van der Waals surface area contributed by atoms with Crippen LogP contribution in [0.4, 0.5) is 11.4 Å². The van der Waals surface area contributed by atoms with E-state index in [2.05, 4.69) is 27.3 Å². The SMILES string of the molecule is Cc1ccc2c(c1)C1(C(=O)N2)C(C#N)=C(N)N(c2cccc(Br)c2)C2=C1C(=O)CCC2. The summed E-state index contributed by atoms with van der Waals surface area (Å²) >= 11 is 3.48. The first-order valence-corrected chi connectivity index (χ1v) is 10.8. The van der Waals surface area contributed by atoms with E-state index in [0.29, 0.717) is 41.8 Å². The van der Waals surface area contributed by atoms with Gasteiger partial charge < -0.3 is 11.1 Å². The molecule has 1 unspecified atom stereocenters. The highest BCUT2D eigenvalue weighted by atomic mass is 79.9. The van der Waals surface area contributed by atoms with E-state index in [-0.39, 0.29) is 17.2 Å². The quantitative estimate of drug-likeness (QED) is 0.645. The molecule has 0 fully saturated rings. The van der Waals surface area contributed by atoms with Gasteiger partial charge in [-0.1, -0.05) is 39.7 Å². The number of nitrogens with zero attached hydrogens (tertiary/aromatic N) is 2. The fourth-order valence-corrected chi connectivity index (χ4v) is 5.40. The number of carbonyl (C=O) groups is 2. The largest absolute Gasteiger partial charge is 0.384 e. The van der Waals surface area contributed by atoms with Crippen LogP contribution in [0.2, 0.25) is 0 Å². The van der Waals surface area contributed by atoms with Crippen LogP contribution < -0.4 is 16.0 Å². The van der Waals surface area contributed by atoms with Crippen molar-refractivity contribution in [2.75, 3.05) is 10.2 Å². The average Bonchev–Trinajstić information content (AvgIpc) is 3.00. The molecule has 0 bridgehead atoms. The number of amides is 1. The number of halogens is 1. The van der Waals surface area contributed by atoms with Gasteiger partial charge in [-0.25, -0.2) is 0 Å². The van der Waals surface area contributed by atoms with Gasteiger partial charge in [0.2, 0.25) is 5.91 Å². The molecular weight excluding hydrogens is 456 g/mol. The number of ketones is 1. The van der Waals surface area contributed by atoms with Gasteiger partial charge in [-0.2, -0.15) is 5.26 Å². The highest BCUT2D eigenvalue weighted by molar-refractivity contribution is 9.10. The third kappa shape index (κ3) is 2.55. The van der Waals surface area contributed by atoms with Gasteiger partial charge in [-0.3, -0.25) is 14.5 Å². The van der Waals surface area contributed by atoms with E-state index < -0.39 is 11.3 Å². The lowest BCUT2D eigenvalue weighted by Crippen LogP contribution is -2.50. The van der Waals surface area contributed by atoms with Crippen LogP contribution in [0.25, 0.3) is 0 Å². The number of nitrogens with one attached hydrogen (secondary N) is 1. The molecule has 2 aliphatic heterocycles. The molecule has 6 nitrogen and oxygen atoms in total. The van der Waals surface area contributed by atoms with Crippen molar-refractivity contribution in [3.63, 3.8) is 0 Å². The topological polar surface area (TPSA) is 99.2 Å². The zero-order valence-electron chi connectivity index (χ0n) is 16.8. The van der Waals surface area contributed by atoms with Crippen molar-refractivity contribution in [3.8, 4) is 6.07 Å². The van der Waals surface area contributed by atoms with Crippen LogP contribution in [0.1, 0.15) is 30.4 Å². The molecule has 0 saturated heterocycles. The molecule has 2 heterocycles. The van der Waals surface area contributed by atoms with E-state index in [9.17, 15) is 14.9 Å². The highest BCUT2D eigenvalue weighted by Gasteiger charge is 2.60. The molecule has 31 heavy (non-hydrogen) atoms. The molecule has 1 aliphatic carbocycles. The van der Waals surface area contributed by atoms with E-state index in [1.54, 1.807) is 4.90 Å². The molecule has 2 aromatic carbocycles. The number of anilines is 2. The maximum absolute atomic E-state index is 13.6. The standard InChI is InChI=1S/C24H19BrN4O2/c1-13-8-9-18-16(10-13)24(23(31)28-18)17(12-26)22(27)29(15-5-2-4-14(25)11-15)19-6-3-7-20(30)21(19)24/h2,4-5,8-11H,3,6-7,27H2,1H3,(H,28,31). The van der Waals surface area contributed by atoms with Crippen LogP contribution in [0.3, 0.4) is 0 Å². The Balaban J connectivity index is 1.90. The van der Waals surface area contributed by atoms with Crippen LogP contribution in [0, 0.1) is 18.3 Å². The summed E-state index contributed by atoms with van der Waals surface area (Å²) in [4.78, 5) is 28.7. The van der Waals surface area contributed by atoms with E-state index in [0.717, 1.165) is 15.7 Å². The molecule has 1 atom stereocenters. The summed E-state index contributed by atoms with van der Waals surface area (Å²) < 4.78 is 0.848. The number of fused-ring (bicyclic) bond motifs is 3. The molecule has 1 spiro atoms. The fourth-order valence-electron chi connectivity index (χ4n) is 5.01. The lowest BCUT2D eigenvalue weighted by Gasteiger charge is -2.43. The Kier molecular flexibility index (Phi) is 4.31. The average molecular weight is 475 g/mol. The van der Waals surface area contributed by atoms with Crippen molar-refractivity contribution in [2.24, 2.45) is 5.73 Å². The molecule has 7 heteroatoms. The minimum absolute atomic E-state index is 0.0864. The summed E-state index contributed by atoms with van der Waals surface area (Å²) in [5.41, 5.74) is 9.15. The minimum atomic E-state index is -1.52. The van der Waals surface area contributed by atoms with E-state index in [1.165, 1.54) is 0 Å². The second-order valence-electron chi connectivity index (χ2n) is 8.04. The maximum atomic E-state index is 13.6. The Bertz CT molecular complexity index is 1290. The van der Waals surface area contributed by atoms with Gasteiger partial charge in [-0.15, -0.1) is 0 Å². The number of benzene rings is 2. The first-order chi connectivity index (χ1) is 14.9. The molecule has 5 rings (SSSR count). The van der Waals surface area contributed by atoms with Gasteiger partial charge in [0.15, 0.2) is 5.78 Å². The van der Waals surface area contributed by atoms with Gasteiger partial charge in [-0.05, 0) is 44.0 Å². The second-order valence-corrected chi connectivity index (χ2v) is 8.95. The number of rotatable bonds is 1. The number of nitrogens with two attached hydrogens (primary N) is 1. The van der Waals surface area contributed by atoms with Crippen LogP contribution in [0.15, 0.2) is 69.6 Å². The first-order valence-electron chi connectivity index (χ1n) is 10.0. The predicted molar refractivity (Wildman–Crippen MR) is 121 cm³/mol. The fraction of sp³-hybridized carbons (Fsp3) is 0.208. The molecular formula is C24H19BrN4O2. The number of carbonyl (C=O) groups excluding carboxylic acids is 2. The summed E-state index contributed by atoms with van der Waals surface area (Å²) in [6, 6.07) is 15.3. The van der Waals surface area contributed by atoms with Gasteiger partial charge in [0.05, 0.1) is 5.57 Å². The van der Waals surface area contributed by atoms with Gasteiger partial charge in [0.1, 0.15) is 17.3 Å². The summed E-state index contributed by atoms with van der Waals surface area (Å²) in [6.45, 7) is 1.92. The van der Waals surface area contributed by atoms with E-state index in [1.807, 2.05) is 49.4 Å². The van der Waals surface area contributed by atoms with E-state index in [4.69, 9.17) is 5.73 Å². The zero-order chi connectivity index (χ0) is 21.9. The smallest absolute Gasteiger partial charge is 0.245 e. The van der Waals surface area contributed by atoms with Crippen molar-refractivity contribution in [1.82, 2.24) is 0 Å². The van der Waals surface area contributed by atoms with Gasteiger partial charge >= 0.3 is 0 Å². The second kappa shape index (κ2) is 6.82. The number of nitriles is 1. The van der Waals surface area contributed by atoms with Crippen molar-refractivity contribution in [1.29, 1.82) is 5.26 Å². The van der Waals surface area contributed by atoms with Crippen molar-refractivity contribution in [3.05, 3.63) is 80.7 Å². The minimum Gasteiger partial charge on any atom is -0.384 e. The van der Waals surface area contributed by atoms with Gasteiger partial charge in [0.25, 0.3) is 0 Å². The molecule has 0 saturated carbocycles. The molecule has 3 N–H and O–H groups in total. The van der Waals surface area contributed by atoms with Crippen molar-refractivity contribution < 1.29 is 9.59 Å². The van der Waals surface area contributed by atoms with Crippen molar-refractivity contribution in [2.45, 2.75) is 31.6 Å². The summed E-state index contributed by atoms with van der Waals surface area (Å²) in [5.74, 6) is -0.339. The Morgan fingerprint density at radius 2 is 2.00 bits per heavy atom. The van der Waals surface area contributed by atoms with Crippen LogP contribution in [0.5, 0.6) is 0 Å². The maximum Gasteiger partial charge on any atom is 0.245 e. The summed E-state index contributed by atoms with van der Waals surface area (Å²) in [7, 11) is 0. The third-order valence-electron chi connectivity index (χ3n) is 6.25. The van der Waals surface area contributed by atoms with Crippen LogP contribution >= 0.6 is 15.9 Å².